The molecule has 0 aromatic carbocycles. The van der Waals surface area contributed by atoms with Crippen molar-refractivity contribution in [3.8, 4) is 0 Å². The van der Waals surface area contributed by atoms with E-state index in [4.69, 9.17) is 4.74 Å². The summed E-state index contributed by atoms with van der Waals surface area (Å²) in [5.41, 5.74) is 0. The highest BCUT2D eigenvalue weighted by atomic mass is 16.5. The van der Waals surface area contributed by atoms with Gasteiger partial charge in [-0.15, -0.1) is 0 Å². The van der Waals surface area contributed by atoms with E-state index < -0.39 is 12.1 Å². The van der Waals surface area contributed by atoms with Gasteiger partial charge in [0.2, 0.25) is 5.91 Å². The van der Waals surface area contributed by atoms with Crippen LogP contribution in [0, 0.1) is 0 Å². The van der Waals surface area contributed by atoms with Crippen molar-refractivity contribution in [3.05, 3.63) is 36.5 Å². The minimum Gasteiger partial charge on any atom is -0.466 e. The van der Waals surface area contributed by atoms with Gasteiger partial charge in [-0.2, -0.15) is 0 Å². The number of ether oxygens (including phenoxy) is 1. The van der Waals surface area contributed by atoms with E-state index in [2.05, 4.69) is 43.5 Å². The molecule has 0 saturated heterocycles. The maximum atomic E-state index is 12.5. The van der Waals surface area contributed by atoms with Crippen LogP contribution in [0.5, 0.6) is 0 Å². The number of allylic oxidation sites excluding steroid dienone is 5. The molecule has 0 saturated carbocycles. The van der Waals surface area contributed by atoms with E-state index in [0.717, 1.165) is 51.4 Å². The zero-order valence-electron chi connectivity index (χ0n) is 49.8. The van der Waals surface area contributed by atoms with E-state index in [1.807, 2.05) is 6.08 Å². The minimum atomic E-state index is -0.841. The Bertz CT molecular complexity index is 1200. The Hall–Kier alpha value is -1.92. The van der Waals surface area contributed by atoms with Crippen molar-refractivity contribution in [2.24, 2.45) is 0 Å². The lowest BCUT2D eigenvalue weighted by Crippen LogP contribution is -2.45. The third-order valence-corrected chi connectivity index (χ3v) is 15.4. The summed E-state index contributed by atoms with van der Waals surface area (Å²) < 4.78 is 5.48. The zero-order valence-corrected chi connectivity index (χ0v) is 49.8. The van der Waals surface area contributed by atoms with Gasteiger partial charge in [0.15, 0.2) is 0 Å². The first-order valence-corrected chi connectivity index (χ1v) is 33.3. The maximum absolute atomic E-state index is 12.5. The summed E-state index contributed by atoms with van der Waals surface area (Å²) in [5, 5.41) is 23.1. The standard InChI is InChI=1S/C68H129NO5/c1-3-5-7-9-11-13-15-17-33-38-42-46-50-54-58-62-68(73)74-63-59-55-51-47-43-39-35-32-30-28-26-24-22-20-18-19-21-23-25-27-29-31-34-37-41-45-49-53-57-61-67(72)69-65(64-70)66(71)60-56-52-48-44-40-36-16-14-12-10-8-6-4-2/h11,13,17,33,56,60,65-66,70-71H,3-10,12,14-16,18-32,34-55,57-59,61-64H2,1-2H3,(H,69,72)/b13-11-,33-17-,60-56+. The topological polar surface area (TPSA) is 95.9 Å². The van der Waals surface area contributed by atoms with Crippen molar-refractivity contribution in [1.29, 1.82) is 0 Å². The third kappa shape index (κ3) is 59.3. The average Bonchev–Trinajstić information content (AvgIpc) is 3.40. The van der Waals surface area contributed by atoms with Crippen molar-refractivity contribution in [3.63, 3.8) is 0 Å². The highest BCUT2D eigenvalue weighted by Crippen LogP contribution is 2.18. The smallest absolute Gasteiger partial charge is 0.305 e. The molecule has 0 aliphatic carbocycles. The first-order valence-electron chi connectivity index (χ1n) is 33.3. The first-order chi connectivity index (χ1) is 36.5. The van der Waals surface area contributed by atoms with Crippen molar-refractivity contribution in [2.45, 2.75) is 373 Å². The van der Waals surface area contributed by atoms with E-state index in [0.29, 0.717) is 19.4 Å². The summed E-state index contributed by atoms with van der Waals surface area (Å²) in [6.45, 7) is 4.89. The first kappa shape index (κ1) is 72.1. The van der Waals surface area contributed by atoms with Crippen molar-refractivity contribution in [2.75, 3.05) is 13.2 Å². The molecule has 0 bridgehead atoms. The lowest BCUT2D eigenvalue weighted by atomic mass is 10.0. The van der Waals surface area contributed by atoms with E-state index in [1.165, 1.54) is 283 Å². The molecule has 0 heterocycles. The third-order valence-electron chi connectivity index (χ3n) is 15.4. The predicted octanol–water partition coefficient (Wildman–Crippen LogP) is 21.1. The monoisotopic (exact) mass is 1040 g/mol. The van der Waals surface area contributed by atoms with Crippen molar-refractivity contribution >= 4 is 11.9 Å². The van der Waals surface area contributed by atoms with Gasteiger partial charge >= 0.3 is 5.97 Å². The van der Waals surface area contributed by atoms with Gasteiger partial charge in [-0.25, -0.2) is 0 Å². The van der Waals surface area contributed by atoms with Crippen LogP contribution in [0.25, 0.3) is 0 Å². The molecule has 0 fully saturated rings. The fourth-order valence-electron chi connectivity index (χ4n) is 10.3. The van der Waals surface area contributed by atoms with Crippen LogP contribution in [0.3, 0.4) is 0 Å². The van der Waals surface area contributed by atoms with Gasteiger partial charge in [0.05, 0.1) is 25.4 Å². The number of aliphatic hydroxyl groups excluding tert-OH is 2. The summed E-state index contributed by atoms with van der Waals surface area (Å²) in [7, 11) is 0. The normalized spacial score (nSPS) is 12.8. The zero-order chi connectivity index (χ0) is 53.6. The number of nitrogens with one attached hydrogen (secondary N) is 1. The van der Waals surface area contributed by atoms with Crippen molar-refractivity contribution < 1.29 is 24.5 Å². The van der Waals surface area contributed by atoms with Gasteiger partial charge < -0.3 is 20.3 Å². The van der Waals surface area contributed by atoms with Gasteiger partial charge in [0.25, 0.3) is 0 Å². The van der Waals surface area contributed by atoms with Gasteiger partial charge in [0, 0.05) is 12.8 Å². The Labute approximate surface area is 462 Å². The Morgan fingerprint density at radius 3 is 1.05 bits per heavy atom. The second kappa shape index (κ2) is 63.6. The number of unbranched alkanes of at least 4 members (excludes halogenated alkanes) is 47. The van der Waals surface area contributed by atoms with Gasteiger partial charge in [-0.1, -0.05) is 320 Å². The predicted molar refractivity (Wildman–Crippen MR) is 324 cm³/mol. The SMILES string of the molecule is CCCCC/C=C\C/C=C\CCCCCCCC(=O)OCCCCCCCCCCCCCCCCCCCCCCCCCCCCCCCC(=O)NC(CO)C(O)/C=C/CCCCCCCCCCCCC. The molecule has 3 N–H and O–H groups in total. The van der Waals surface area contributed by atoms with E-state index in [9.17, 15) is 19.8 Å². The van der Waals surface area contributed by atoms with Gasteiger partial charge in [0.1, 0.15) is 0 Å². The summed E-state index contributed by atoms with van der Waals surface area (Å²) in [6.07, 6.45) is 80.7. The molecule has 0 spiro atoms. The number of carbonyl (C=O) groups is 2. The highest BCUT2D eigenvalue weighted by molar-refractivity contribution is 5.76. The molecule has 2 atom stereocenters. The molecule has 0 rings (SSSR count). The molecule has 2 unspecified atom stereocenters. The summed E-state index contributed by atoms with van der Waals surface area (Å²) in [4.78, 5) is 24.5. The van der Waals surface area contributed by atoms with Crippen LogP contribution < -0.4 is 5.32 Å². The second-order valence-corrected chi connectivity index (χ2v) is 22.8. The molecular weight excluding hydrogens is 911 g/mol. The van der Waals surface area contributed by atoms with Crippen LogP contribution in [0.15, 0.2) is 36.5 Å². The molecule has 0 aromatic rings. The van der Waals surface area contributed by atoms with Crippen LogP contribution in [-0.4, -0.2) is 47.4 Å². The molecule has 1 amide bonds. The van der Waals surface area contributed by atoms with Crippen LogP contribution in [0.2, 0.25) is 0 Å². The second-order valence-electron chi connectivity index (χ2n) is 22.8. The quantitative estimate of drug-likeness (QED) is 0.0320. The Morgan fingerprint density at radius 1 is 0.378 bits per heavy atom. The number of carbonyl (C=O) groups excluding carboxylic acids is 2. The van der Waals surface area contributed by atoms with Crippen molar-refractivity contribution in [1.82, 2.24) is 5.32 Å². The number of aliphatic hydroxyl groups is 2. The molecule has 436 valence electrons. The Balaban J connectivity index is 3.34. The minimum absolute atomic E-state index is 0.00518. The number of hydrogen-bond donors (Lipinski definition) is 3. The molecule has 0 aromatic heterocycles. The largest absolute Gasteiger partial charge is 0.466 e. The highest BCUT2D eigenvalue weighted by Gasteiger charge is 2.18. The molecule has 6 heteroatoms. The van der Waals surface area contributed by atoms with E-state index in [-0.39, 0.29) is 18.5 Å². The molecule has 6 nitrogen and oxygen atoms in total. The summed E-state index contributed by atoms with van der Waals surface area (Å²) in [6, 6.07) is -0.624. The number of rotatable bonds is 62. The summed E-state index contributed by atoms with van der Waals surface area (Å²) >= 11 is 0. The molecule has 0 radical (unpaired) electrons. The lowest BCUT2D eigenvalue weighted by molar-refractivity contribution is -0.143. The van der Waals surface area contributed by atoms with Crippen LogP contribution >= 0.6 is 0 Å². The Kier molecular flexibility index (Phi) is 62.0. The Morgan fingerprint density at radius 2 is 0.676 bits per heavy atom. The van der Waals surface area contributed by atoms with Crippen LogP contribution in [-0.2, 0) is 14.3 Å². The van der Waals surface area contributed by atoms with E-state index in [1.54, 1.807) is 6.08 Å². The maximum Gasteiger partial charge on any atom is 0.305 e. The average molecular weight is 1040 g/mol. The fourth-order valence-corrected chi connectivity index (χ4v) is 10.3. The summed E-state index contributed by atoms with van der Waals surface area (Å²) in [5.74, 6) is -0.0584. The number of hydrogen-bond acceptors (Lipinski definition) is 5. The number of esters is 1. The van der Waals surface area contributed by atoms with E-state index >= 15 is 0 Å². The number of amides is 1. The van der Waals surface area contributed by atoms with Crippen LogP contribution in [0.1, 0.15) is 361 Å². The van der Waals surface area contributed by atoms with Crippen LogP contribution in [0.4, 0.5) is 0 Å². The lowest BCUT2D eigenvalue weighted by Gasteiger charge is -2.20. The fraction of sp³-hybridized carbons (Fsp3) is 0.882. The molecular formula is C68H129NO5. The molecule has 0 aliphatic rings. The van der Waals surface area contributed by atoms with Gasteiger partial charge in [-0.3, -0.25) is 9.59 Å². The van der Waals surface area contributed by atoms with Gasteiger partial charge in [-0.05, 0) is 64.2 Å². The molecule has 74 heavy (non-hydrogen) atoms. The molecule has 0 aliphatic heterocycles.